The van der Waals surface area contributed by atoms with Crippen LogP contribution < -0.4 is 11.1 Å². The van der Waals surface area contributed by atoms with Gasteiger partial charge >= 0.3 is 0 Å². The second kappa shape index (κ2) is 8.68. The second-order valence-electron chi connectivity index (χ2n) is 6.19. The minimum atomic E-state index is -0.654. The number of nitrogens with one attached hydrogen (secondary N) is 1. The molecule has 2 atom stereocenters. The molecular weight excluding hydrogens is 270 g/mol. The molecule has 3 N–H and O–H groups in total. The second-order valence-corrected chi connectivity index (χ2v) is 6.19. The average molecular weight is 301 g/mol. The van der Waals surface area contributed by atoms with Gasteiger partial charge < -0.3 is 20.5 Å². The highest BCUT2D eigenvalue weighted by atomic mass is 16.5. The van der Waals surface area contributed by atoms with Crippen molar-refractivity contribution in [1.82, 2.24) is 10.2 Å². The van der Waals surface area contributed by atoms with E-state index < -0.39 is 5.54 Å². The number of primary amides is 1. The summed E-state index contributed by atoms with van der Waals surface area (Å²) in [6.45, 7) is 7.00. The zero-order chi connectivity index (χ0) is 15.9. The molecule has 6 nitrogen and oxygen atoms in total. The highest BCUT2D eigenvalue weighted by molar-refractivity contribution is 5.84. The molecule has 1 aliphatic rings. The lowest BCUT2D eigenvalue weighted by atomic mass is 9.91. The van der Waals surface area contributed by atoms with Crippen LogP contribution in [0, 0.1) is 0 Å². The van der Waals surface area contributed by atoms with Crippen molar-refractivity contribution in [3.8, 4) is 0 Å². The average Bonchev–Trinajstić information content (AvgIpc) is 3.22. The number of hydrogen-bond donors (Lipinski definition) is 2. The largest absolute Gasteiger partial charge is 0.383 e. The predicted molar refractivity (Wildman–Crippen MR) is 83.2 cm³/mol. The van der Waals surface area contributed by atoms with Crippen molar-refractivity contribution >= 4 is 5.91 Å². The summed E-state index contributed by atoms with van der Waals surface area (Å²) in [6, 6.07) is 0.667. The normalized spacial score (nSPS) is 19.5. The Morgan fingerprint density at radius 2 is 1.86 bits per heavy atom. The topological polar surface area (TPSA) is 76.8 Å². The van der Waals surface area contributed by atoms with Gasteiger partial charge in [-0.15, -0.1) is 0 Å². The Labute approximate surface area is 128 Å². The maximum absolute atomic E-state index is 11.9. The zero-order valence-electron chi connectivity index (χ0n) is 13.9. The van der Waals surface area contributed by atoms with Crippen LogP contribution in [0.25, 0.3) is 0 Å². The molecule has 124 valence electrons. The fraction of sp³-hybridized carbons (Fsp3) is 0.933. The summed E-state index contributed by atoms with van der Waals surface area (Å²) in [7, 11) is 3.39. The van der Waals surface area contributed by atoms with Crippen LogP contribution in [-0.4, -0.2) is 69.0 Å². The summed E-state index contributed by atoms with van der Waals surface area (Å²) in [4.78, 5) is 14.1. The lowest BCUT2D eigenvalue weighted by Crippen LogP contribution is -2.57. The van der Waals surface area contributed by atoms with E-state index in [1.54, 1.807) is 14.2 Å². The molecule has 21 heavy (non-hydrogen) atoms. The first-order valence-corrected chi connectivity index (χ1v) is 7.72. The fourth-order valence-corrected chi connectivity index (χ4v) is 2.60. The van der Waals surface area contributed by atoms with Crippen molar-refractivity contribution in [2.75, 3.05) is 40.5 Å². The van der Waals surface area contributed by atoms with Crippen molar-refractivity contribution in [2.45, 2.75) is 50.7 Å². The van der Waals surface area contributed by atoms with Crippen LogP contribution in [0.15, 0.2) is 0 Å². The van der Waals surface area contributed by atoms with Crippen molar-refractivity contribution < 1.29 is 14.3 Å². The molecule has 0 aliphatic heterocycles. The van der Waals surface area contributed by atoms with Crippen molar-refractivity contribution in [3.05, 3.63) is 0 Å². The molecule has 1 aliphatic carbocycles. The quantitative estimate of drug-likeness (QED) is 0.544. The van der Waals surface area contributed by atoms with Crippen molar-refractivity contribution in [3.63, 3.8) is 0 Å². The molecular formula is C15H31N3O3. The van der Waals surface area contributed by atoms with Gasteiger partial charge in [-0.2, -0.15) is 0 Å². The smallest absolute Gasteiger partial charge is 0.237 e. The Bertz CT molecular complexity index is 315. The number of nitrogens with two attached hydrogens (primary N) is 1. The molecule has 0 aromatic rings. The molecule has 1 amide bonds. The maximum atomic E-state index is 11.9. The van der Waals surface area contributed by atoms with Gasteiger partial charge in [-0.3, -0.25) is 9.69 Å². The van der Waals surface area contributed by atoms with Gasteiger partial charge in [-0.05, 0) is 33.1 Å². The number of amides is 1. The number of rotatable bonds is 12. The van der Waals surface area contributed by atoms with E-state index in [0.717, 1.165) is 25.9 Å². The highest BCUT2D eigenvalue weighted by Crippen LogP contribution is 2.25. The van der Waals surface area contributed by atoms with Crippen LogP contribution in [-0.2, 0) is 14.3 Å². The molecule has 0 saturated heterocycles. The lowest BCUT2D eigenvalue weighted by Gasteiger charge is -2.36. The third-order valence-corrected chi connectivity index (χ3v) is 4.14. The minimum Gasteiger partial charge on any atom is -0.383 e. The van der Waals surface area contributed by atoms with Gasteiger partial charge in [0.05, 0.1) is 18.8 Å². The lowest BCUT2D eigenvalue weighted by molar-refractivity contribution is -0.124. The molecule has 0 aromatic carbocycles. The highest BCUT2D eigenvalue weighted by Gasteiger charge is 2.38. The third kappa shape index (κ3) is 6.30. The van der Waals surface area contributed by atoms with E-state index >= 15 is 0 Å². The molecule has 0 bridgehead atoms. The fourth-order valence-electron chi connectivity index (χ4n) is 2.60. The van der Waals surface area contributed by atoms with E-state index in [-0.39, 0.29) is 11.9 Å². The van der Waals surface area contributed by atoms with E-state index in [1.807, 2.05) is 6.92 Å². The standard InChI is InChI=1S/C15H31N3O3/c1-12(18(7-9-20-3)8-10-21-4)11-15(2,14(16)19)17-13-5-6-13/h12-13,17H,5-11H2,1-4H3,(H2,16,19). The molecule has 0 radical (unpaired) electrons. The van der Waals surface area contributed by atoms with Crippen molar-refractivity contribution in [1.29, 1.82) is 0 Å². The van der Waals surface area contributed by atoms with Crippen LogP contribution in [0.5, 0.6) is 0 Å². The third-order valence-electron chi connectivity index (χ3n) is 4.14. The number of carbonyl (C=O) groups excluding carboxylic acids is 1. The van der Waals surface area contributed by atoms with Crippen LogP contribution in [0.1, 0.15) is 33.1 Å². The van der Waals surface area contributed by atoms with E-state index in [9.17, 15) is 4.79 Å². The van der Waals surface area contributed by atoms with Gasteiger partial charge in [0.2, 0.25) is 5.91 Å². The number of hydrogen-bond acceptors (Lipinski definition) is 5. The monoisotopic (exact) mass is 301 g/mol. The molecule has 1 saturated carbocycles. The first kappa shape index (κ1) is 18.4. The van der Waals surface area contributed by atoms with Gasteiger partial charge in [-0.1, -0.05) is 0 Å². The first-order chi connectivity index (χ1) is 9.92. The van der Waals surface area contributed by atoms with E-state index in [0.29, 0.717) is 25.7 Å². The molecule has 1 rings (SSSR count). The Kier molecular flexibility index (Phi) is 7.59. The van der Waals surface area contributed by atoms with Crippen LogP contribution >= 0.6 is 0 Å². The van der Waals surface area contributed by atoms with Crippen molar-refractivity contribution in [2.24, 2.45) is 5.73 Å². The van der Waals surface area contributed by atoms with Crippen LogP contribution in [0.3, 0.4) is 0 Å². The molecule has 0 heterocycles. The Morgan fingerprint density at radius 3 is 2.24 bits per heavy atom. The number of ether oxygens (including phenoxy) is 2. The van der Waals surface area contributed by atoms with Crippen LogP contribution in [0.2, 0.25) is 0 Å². The number of carbonyl (C=O) groups is 1. The summed E-state index contributed by atoms with van der Waals surface area (Å²) in [5.74, 6) is -0.278. The van der Waals surface area contributed by atoms with E-state index in [4.69, 9.17) is 15.2 Å². The summed E-state index contributed by atoms with van der Waals surface area (Å²) in [5, 5.41) is 3.40. The summed E-state index contributed by atoms with van der Waals surface area (Å²) in [5.41, 5.74) is 4.97. The Morgan fingerprint density at radius 1 is 1.33 bits per heavy atom. The molecule has 0 aromatic heterocycles. The molecule has 1 fully saturated rings. The Hall–Kier alpha value is -0.690. The summed E-state index contributed by atoms with van der Waals surface area (Å²) < 4.78 is 10.3. The van der Waals surface area contributed by atoms with E-state index in [2.05, 4.69) is 17.1 Å². The summed E-state index contributed by atoms with van der Waals surface area (Å²) in [6.07, 6.45) is 2.95. The van der Waals surface area contributed by atoms with E-state index in [1.165, 1.54) is 0 Å². The predicted octanol–water partition coefficient (Wildman–Crippen LogP) is 0.356. The van der Waals surface area contributed by atoms with Gasteiger partial charge in [-0.25, -0.2) is 0 Å². The maximum Gasteiger partial charge on any atom is 0.237 e. The number of nitrogens with zero attached hydrogens (tertiary/aromatic N) is 1. The first-order valence-electron chi connectivity index (χ1n) is 7.72. The number of methoxy groups -OCH3 is 2. The van der Waals surface area contributed by atoms with Gasteiger partial charge in [0, 0.05) is 39.4 Å². The zero-order valence-corrected chi connectivity index (χ0v) is 13.9. The molecule has 0 spiro atoms. The minimum absolute atomic E-state index is 0.221. The Balaban J connectivity index is 2.61. The van der Waals surface area contributed by atoms with Gasteiger partial charge in [0.25, 0.3) is 0 Å². The van der Waals surface area contributed by atoms with Crippen LogP contribution in [0.4, 0.5) is 0 Å². The van der Waals surface area contributed by atoms with Gasteiger partial charge in [0.1, 0.15) is 0 Å². The SMILES string of the molecule is COCCN(CCOC)C(C)CC(C)(NC1CC1)C(N)=O. The molecule has 6 heteroatoms. The molecule has 2 unspecified atom stereocenters. The van der Waals surface area contributed by atoms with Gasteiger partial charge in [0.15, 0.2) is 0 Å². The summed E-state index contributed by atoms with van der Waals surface area (Å²) >= 11 is 0.